The van der Waals surface area contributed by atoms with Gasteiger partial charge in [0.05, 0.1) is 5.75 Å². The molecule has 2 aromatic carbocycles. The van der Waals surface area contributed by atoms with Gasteiger partial charge in [-0.2, -0.15) is 0 Å². The summed E-state index contributed by atoms with van der Waals surface area (Å²) < 4.78 is 15.3. The van der Waals surface area contributed by atoms with Crippen LogP contribution in [0.4, 0.5) is 4.39 Å². The van der Waals surface area contributed by atoms with E-state index in [0.717, 1.165) is 17.0 Å². The van der Waals surface area contributed by atoms with E-state index in [1.807, 2.05) is 41.8 Å². The second-order valence-corrected chi connectivity index (χ2v) is 7.03. The fourth-order valence-electron chi connectivity index (χ4n) is 2.72. The first-order chi connectivity index (χ1) is 13.1. The molecule has 1 heterocycles. The molecule has 0 N–H and O–H groups in total. The van der Waals surface area contributed by atoms with Crippen LogP contribution in [0.15, 0.2) is 59.8 Å². The summed E-state index contributed by atoms with van der Waals surface area (Å²) in [6.07, 6.45) is 0. The molecule has 0 fully saturated rings. The Morgan fingerprint density at radius 3 is 2.63 bits per heavy atom. The third-order valence-corrected chi connectivity index (χ3v) is 5.08. The number of benzene rings is 2. The van der Waals surface area contributed by atoms with E-state index in [0.29, 0.717) is 18.2 Å². The van der Waals surface area contributed by atoms with Crippen LogP contribution >= 0.6 is 11.8 Å². The van der Waals surface area contributed by atoms with Crippen LogP contribution < -0.4 is 0 Å². The van der Waals surface area contributed by atoms with Gasteiger partial charge in [-0.25, -0.2) is 4.39 Å². The summed E-state index contributed by atoms with van der Waals surface area (Å²) in [5, 5.41) is 9.24. The Kier molecular flexibility index (Phi) is 6.24. The van der Waals surface area contributed by atoms with Crippen molar-refractivity contribution < 1.29 is 9.18 Å². The maximum absolute atomic E-state index is 13.3. The van der Waals surface area contributed by atoms with Gasteiger partial charge >= 0.3 is 0 Å². The number of halogens is 1. The van der Waals surface area contributed by atoms with E-state index >= 15 is 0 Å². The molecule has 1 aromatic heterocycles. The molecule has 0 spiro atoms. The van der Waals surface area contributed by atoms with E-state index in [2.05, 4.69) is 10.2 Å². The Labute approximate surface area is 162 Å². The fourth-order valence-corrected chi connectivity index (χ4v) is 3.66. The molecule has 1 amide bonds. The maximum Gasteiger partial charge on any atom is 0.233 e. The first kappa shape index (κ1) is 19.1. The lowest BCUT2D eigenvalue weighted by Crippen LogP contribution is -2.28. The van der Waals surface area contributed by atoms with Crippen molar-refractivity contribution in [1.29, 1.82) is 0 Å². The van der Waals surface area contributed by atoms with Gasteiger partial charge in [0.15, 0.2) is 11.0 Å². The molecule has 3 aromatic rings. The van der Waals surface area contributed by atoms with Crippen LogP contribution in [-0.4, -0.2) is 38.4 Å². The van der Waals surface area contributed by atoms with Gasteiger partial charge in [-0.15, -0.1) is 10.2 Å². The topological polar surface area (TPSA) is 51.0 Å². The molecule has 0 bridgehead atoms. The number of amides is 1. The number of aromatic nitrogens is 3. The smallest absolute Gasteiger partial charge is 0.233 e. The Hall–Kier alpha value is -2.67. The van der Waals surface area contributed by atoms with Crippen LogP contribution in [-0.2, 0) is 17.9 Å². The third-order valence-electron chi connectivity index (χ3n) is 4.12. The van der Waals surface area contributed by atoms with Crippen LogP contribution in [0.5, 0.6) is 0 Å². The lowest BCUT2D eigenvalue weighted by molar-refractivity contribution is -0.127. The van der Waals surface area contributed by atoms with Gasteiger partial charge < -0.3 is 9.47 Å². The molecule has 0 aliphatic rings. The lowest BCUT2D eigenvalue weighted by atomic mass is 10.2. The van der Waals surface area contributed by atoms with Gasteiger partial charge in [0.1, 0.15) is 5.82 Å². The zero-order chi connectivity index (χ0) is 19.2. The number of nitrogens with zero attached hydrogens (tertiary/aromatic N) is 4. The maximum atomic E-state index is 13.3. The highest BCUT2D eigenvalue weighted by Gasteiger charge is 2.16. The molecule has 0 aliphatic carbocycles. The Morgan fingerprint density at radius 2 is 1.93 bits per heavy atom. The van der Waals surface area contributed by atoms with Crippen molar-refractivity contribution in [3.8, 4) is 11.4 Å². The SMILES string of the molecule is CCn1c(SCC(=O)N(C)Cc2cccc(F)c2)nnc1-c1ccccc1. The summed E-state index contributed by atoms with van der Waals surface area (Å²) in [7, 11) is 1.72. The summed E-state index contributed by atoms with van der Waals surface area (Å²) >= 11 is 1.36. The van der Waals surface area contributed by atoms with Gasteiger partial charge in [0.2, 0.25) is 5.91 Å². The second-order valence-electron chi connectivity index (χ2n) is 6.08. The van der Waals surface area contributed by atoms with E-state index in [9.17, 15) is 9.18 Å². The van der Waals surface area contributed by atoms with E-state index < -0.39 is 0 Å². The van der Waals surface area contributed by atoms with Crippen LogP contribution in [0, 0.1) is 5.82 Å². The van der Waals surface area contributed by atoms with Gasteiger partial charge in [-0.1, -0.05) is 54.2 Å². The number of carbonyl (C=O) groups excluding carboxylic acids is 1. The number of rotatable bonds is 7. The standard InChI is InChI=1S/C20H21FN4OS/c1-3-25-19(16-9-5-4-6-10-16)22-23-20(25)27-14-18(26)24(2)13-15-8-7-11-17(21)12-15/h4-12H,3,13-14H2,1-2H3. The van der Waals surface area contributed by atoms with Crippen molar-refractivity contribution in [2.24, 2.45) is 0 Å². The minimum absolute atomic E-state index is 0.0452. The third kappa shape index (κ3) is 4.74. The molecule has 3 rings (SSSR count). The zero-order valence-corrected chi connectivity index (χ0v) is 16.1. The average molecular weight is 384 g/mol. The molecule has 0 atom stereocenters. The molecule has 0 saturated heterocycles. The molecule has 7 heteroatoms. The van der Waals surface area contributed by atoms with E-state index in [-0.39, 0.29) is 17.5 Å². The minimum Gasteiger partial charge on any atom is -0.341 e. The van der Waals surface area contributed by atoms with E-state index in [1.54, 1.807) is 24.1 Å². The number of hydrogen-bond donors (Lipinski definition) is 0. The monoisotopic (exact) mass is 384 g/mol. The normalized spacial score (nSPS) is 10.8. The van der Waals surface area contributed by atoms with Crippen molar-refractivity contribution in [2.45, 2.75) is 25.2 Å². The Balaban J connectivity index is 1.64. The predicted molar refractivity (Wildman–Crippen MR) is 105 cm³/mol. The van der Waals surface area contributed by atoms with Gasteiger partial charge in [-0.05, 0) is 24.6 Å². The second kappa shape index (κ2) is 8.81. The van der Waals surface area contributed by atoms with Crippen molar-refractivity contribution >= 4 is 17.7 Å². The Morgan fingerprint density at radius 1 is 1.15 bits per heavy atom. The first-order valence-corrected chi connectivity index (χ1v) is 9.67. The quantitative estimate of drug-likeness (QED) is 0.581. The molecular weight excluding hydrogens is 363 g/mol. The van der Waals surface area contributed by atoms with Gasteiger partial charge in [-0.3, -0.25) is 4.79 Å². The molecule has 0 saturated carbocycles. The molecular formula is C20H21FN4OS. The summed E-state index contributed by atoms with van der Waals surface area (Å²) in [5.74, 6) is 0.697. The van der Waals surface area contributed by atoms with Crippen molar-refractivity contribution in [2.75, 3.05) is 12.8 Å². The predicted octanol–water partition coefficient (Wildman–Crippen LogP) is 3.85. The highest BCUT2D eigenvalue weighted by molar-refractivity contribution is 7.99. The molecule has 140 valence electrons. The highest BCUT2D eigenvalue weighted by Crippen LogP contribution is 2.24. The summed E-state index contributed by atoms with van der Waals surface area (Å²) in [6, 6.07) is 16.1. The highest BCUT2D eigenvalue weighted by atomic mass is 32.2. The van der Waals surface area contributed by atoms with Crippen molar-refractivity contribution in [3.63, 3.8) is 0 Å². The average Bonchev–Trinajstić information content (AvgIpc) is 3.09. The van der Waals surface area contributed by atoms with Crippen molar-refractivity contribution in [3.05, 3.63) is 66.0 Å². The largest absolute Gasteiger partial charge is 0.341 e. The first-order valence-electron chi connectivity index (χ1n) is 8.68. The number of carbonyl (C=O) groups is 1. The van der Waals surface area contributed by atoms with Crippen molar-refractivity contribution in [1.82, 2.24) is 19.7 Å². The van der Waals surface area contributed by atoms with Crippen LogP contribution in [0.25, 0.3) is 11.4 Å². The molecule has 5 nitrogen and oxygen atoms in total. The summed E-state index contributed by atoms with van der Waals surface area (Å²) in [6.45, 7) is 3.11. The summed E-state index contributed by atoms with van der Waals surface area (Å²) in [5.41, 5.74) is 1.76. The van der Waals surface area contributed by atoms with Crippen LogP contribution in [0.1, 0.15) is 12.5 Å². The molecule has 0 unspecified atom stereocenters. The minimum atomic E-state index is -0.299. The zero-order valence-electron chi connectivity index (χ0n) is 15.3. The number of hydrogen-bond acceptors (Lipinski definition) is 4. The Bertz CT molecular complexity index is 913. The molecule has 27 heavy (non-hydrogen) atoms. The summed E-state index contributed by atoms with van der Waals surface area (Å²) in [4.78, 5) is 14.0. The van der Waals surface area contributed by atoms with Gasteiger partial charge in [0, 0.05) is 25.7 Å². The van der Waals surface area contributed by atoms with Crippen LogP contribution in [0.3, 0.4) is 0 Å². The number of thioether (sulfide) groups is 1. The van der Waals surface area contributed by atoms with Crippen LogP contribution in [0.2, 0.25) is 0 Å². The van der Waals surface area contributed by atoms with Gasteiger partial charge in [0.25, 0.3) is 0 Å². The lowest BCUT2D eigenvalue weighted by Gasteiger charge is -2.17. The molecule has 0 radical (unpaired) electrons. The van der Waals surface area contributed by atoms with E-state index in [1.165, 1.54) is 23.9 Å². The molecule has 0 aliphatic heterocycles. The fraction of sp³-hybridized carbons (Fsp3) is 0.250. The van der Waals surface area contributed by atoms with E-state index in [4.69, 9.17) is 0 Å².